The van der Waals surface area contributed by atoms with Gasteiger partial charge in [-0.1, -0.05) is 45.8 Å². The molecule has 5 aliphatic rings. The van der Waals surface area contributed by atoms with Gasteiger partial charge in [0.15, 0.2) is 6.61 Å². The minimum absolute atomic E-state index is 0.0575. The number of aliphatic hydroxyl groups is 2. The van der Waals surface area contributed by atoms with Crippen molar-refractivity contribution < 1.29 is 19.7 Å². The number of esters is 1. The molecule has 5 rings (SSSR count). The van der Waals surface area contributed by atoms with E-state index in [2.05, 4.69) is 47.1 Å². The zero-order chi connectivity index (χ0) is 27.0. The summed E-state index contributed by atoms with van der Waals surface area (Å²) in [5.74, 6) is 4.43. The van der Waals surface area contributed by atoms with Gasteiger partial charge in [-0.3, -0.25) is 4.79 Å². The van der Waals surface area contributed by atoms with E-state index in [0.29, 0.717) is 23.7 Å². The summed E-state index contributed by atoms with van der Waals surface area (Å²) in [6, 6.07) is 0. The van der Waals surface area contributed by atoms with Gasteiger partial charge >= 0.3 is 5.97 Å². The molecule has 0 heterocycles. The van der Waals surface area contributed by atoms with Crippen molar-refractivity contribution in [3.05, 3.63) is 12.2 Å². The van der Waals surface area contributed by atoms with Gasteiger partial charge in [0.05, 0.1) is 18.1 Å². The molecule has 0 aromatic rings. The summed E-state index contributed by atoms with van der Waals surface area (Å²) in [5, 5.41) is 21.5. The summed E-state index contributed by atoms with van der Waals surface area (Å²) in [6.07, 6.45) is 15.2. The topological polar surface area (TPSA) is 66.8 Å². The highest BCUT2D eigenvalue weighted by molar-refractivity contribution is 5.78. The minimum atomic E-state index is -0.431. The van der Waals surface area contributed by atoms with Crippen LogP contribution in [0.25, 0.3) is 0 Å². The number of carbonyl (C=O) groups excluding carboxylic acids is 1. The largest absolute Gasteiger partial charge is 0.452 e. The molecule has 2 N–H and O–H groups in total. The van der Waals surface area contributed by atoms with Gasteiger partial charge in [-0.25, -0.2) is 0 Å². The van der Waals surface area contributed by atoms with Crippen LogP contribution in [-0.4, -0.2) is 35.5 Å². The van der Waals surface area contributed by atoms with Crippen LogP contribution < -0.4 is 0 Å². The maximum absolute atomic E-state index is 13.6. The Kier molecular flexibility index (Phi) is 6.52. The number of carbonyl (C=O) groups is 1. The molecule has 5 saturated carbocycles. The average molecular weight is 511 g/mol. The van der Waals surface area contributed by atoms with Crippen molar-refractivity contribution in [2.45, 2.75) is 105 Å². The zero-order valence-electron chi connectivity index (χ0n) is 23.9. The van der Waals surface area contributed by atoms with Gasteiger partial charge in [0.1, 0.15) is 0 Å². The van der Waals surface area contributed by atoms with Crippen molar-refractivity contribution in [3.8, 4) is 12.3 Å². The van der Waals surface area contributed by atoms with Crippen molar-refractivity contribution in [1.82, 2.24) is 0 Å². The highest BCUT2D eigenvalue weighted by Crippen LogP contribution is 2.77. The number of rotatable bonds is 4. The van der Waals surface area contributed by atoms with Gasteiger partial charge in [0.25, 0.3) is 0 Å². The van der Waals surface area contributed by atoms with Crippen LogP contribution in [0, 0.1) is 69.0 Å². The first-order valence-corrected chi connectivity index (χ1v) is 14.9. The lowest BCUT2D eigenvalue weighted by Crippen LogP contribution is -2.67. The van der Waals surface area contributed by atoms with E-state index in [1.807, 2.05) is 0 Å². The first-order chi connectivity index (χ1) is 17.4. The van der Waals surface area contributed by atoms with E-state index in [4.69, 9.17) is 11.2 Å². The molecule has 4 heteroatoms. The van der Waals surface area contributed by atoms with Crippen LogP contribution in [-0.2, 0) is 9.53 Å². The Morgan fingerprint density at radius 3 is 2.35 bits per heavy atom. The highest BCUT2D eigenvalue weighted by atomic mass is 16.5. The van der Waals surface area contributed by atoms with E-state index >= 15 is 0 Å². The molecule has 5 aliphatic carbocycles. The summed E-state index contributed by atoms with van der Waals surface area (Å²) in [6.45, 7) is 16.4. The predicted octanol–water partition coefficient (Wildman–Crippen LogP) is 6.15. The third kappa shape index (κ3) is 3.38. The molecule has 37 heavy (non-hydrogen) atoms. The molecule has 5 fully saturated rings. The van der Waals surface area contributed by atoms with Crippen LogP contribution in [0.4, 0.5) is 0 Å². The van der Waals surface area contributed by atoms with E-state index in [9.17, 15) is 15.0 Å². The molecule has 4 nitrogen and oxygen atoms in total. The first kappa shape index (κ1) is 27.3. The third-order valence-electron chi connectivity index (χ3n) is 13.9. The number of fused-ring (bicyclic) bond motifs is 7. The molecule has 0 amide bonds. The van der Waals surface area contributed by atoms with E-state index < -0.39 is 16.9 Å². The van der Waals surface area contributed by atoms with Crippen molar-refractivity contribution in [3.63, 3.8) is 0 Å². The number of hydrogen-bond acceptors (Lipinski definition) is 4. The third-order valence-corrected chi connectivity index (χ3v) is 13.9. The molecule has 0 saturated heterocycles. The number of hydrogen-bond donors (Lipinski definition) is 2. The quantitative estimate of drug-likeness (QED) is 0.270. The second-order valence-electron chi connectivity index (χ2n) is 14.8. The molecule has 0 unspecified atom stereocenters. The van der Waals surface area contributed by atoms with Gasteiger partial charge in [-0.15, -0.1) is 6.42 Å². The molecular weight excluding hydrogens is 460 g/mol. The van der Waals surface area contributed by atoms with Gasteiger partial charge in [0.2, 0.25) is 0 Å². The van der Waals surface area contributed by atoms with Gasteiger partial charge in [-0.2, -0.15) is 0 Å². The molecular formula is C33H50O4. The van der Waals surface area contributed by atoms with Crippen LogP contribution in [0.1, 0.15) is 98.8 Å². The molecule has 0 aliphatic heterocycles. The van der Waals surface area contributed by atoms with Crippen LogP contribution in [0.15, 0.2) is 12.2 Å². The van der Waals surface area contributed by atoms with Crippen LogP contribution in [0.3, 0.4) is 0 Å². The molecule has 0 bridgehead atoms. The summed E-state index contributed by atoms with van der Waals surface area (Å²) >= 11 is 0. The van der Waals surface area contributed by atoms with Gasteiger partial charge in [-0.05, 0) is 117 Å². The summed E-state index contributed by atoms with van der Waals surface area (Å²) < 4.78 is 5.69. The molecule has 0 aromatic heterocycles. The maximum Gasteiger partial charge on any atom is 0.313 e. The van der Waals surface area contributed by atoms with Crippen LogP contribution in [0.5, 0.6) is 0 Å². The van der Waals surface area contributed by atoms with Crippen molar-refractivity contribution in [2.24, 2.45) is 56.7 Å². The Morgan fingerprint density at radius 2 is 1.70 bits per heavy atom. The van der Waals surface area contributed by atoms with Crippen LogP contribution in [0.2, 0.25) is 0 Å². The molecule has 0 spiro atoms. The number of allylic oxidation sites excluding steroid dienone is 1. The Balaban J connectivity index is 1.54. The zero-order valence-corrected chi connectivity index (χ0v) is 23.9. The van der Waals surface area contributed by atoms with E-state index in [0.717, 1.165) is 64.2 Å². The lowest BCUT2D eigenvalue weighted by Gasteiger charge is -2.72. The lowest BCUT2D eigenvalue weighted by atomic mass is 9.32. The SMILES string of the molecule is C#CCOC(=O)[C@]12CC[C@@H](C(=C)C)[C@@H]1[C@H]1CC[C@@H]3[C@@]4(C)CC[C@H](O)[C@@](C)(CO)[C@@H]4CC[C@@]3(C)[C@]1(C)CC2. The standard InChI is InChI=1S/C33H50O4/c1-8-19-37-28(36)33-16-11-22(21(2)3)27(33)23-9-10-25-29(4)14-13-26(35)30(5,20-34)24(29)12-15-32(25,7)31(23,6)17-18-33/h1,22-27,34-35H,2,9-20H2,3-7H3/t22-,23+,24+,25+,26-,27+,29-,30-,31+,32+,33-/m0/s1. The Morgan fingerprint density at radius 1 is 0.973 bits per heavy atom. The summed E-state index contributed by atoms with van der Waals surface area (Å²) in [4.78, 5) is 13.6. The second-order valence-corrected chi connectivity index (χ2v) is 14.8. The molecule has 11 atom stereocenters. The summed E-state index contributed by atoms with van der Waals surface area (Å²) in [7, 11) is 0. The number of aliphatic hydroxyl groups excluding tert-OH is 2. The van der Waals surface area contributed by atoms with Crippen molar-refractivity contribution in [2.75, 3.05) is 13.2 Å². The first-order valence-electron chi connectivity index (χ1n) is 14.9. The molecule has 206 valence electrons. The predicted molar refractivity (Wildman–Crippen MR) is 146 cm³/mol. The highest BCUT2D eigenvalue weighted by Gasteiger charge is 2.72. The van der Waals surface area contributed by atoms with Gasteiger partial charge in [0, 0.05) is 5.41 Å². The second kappa shape index (κ2) is 8.85. The minimum Gasteiger partial charge on any atom is -0.452 e. The summed E-state index contributed by atoms with van der Waals surface area (Å²) in [5.41, 5.74) is 0.764. The Labute approximate surface area is 225 Å². The average Bonchev–Trinajstić information content (AvgIpc) is 3.27. The van der Waals surface area contributed by atoms with E-state index in [1.165, 1.54) is 5.57 Å². The Bertz CT molecular complexity index is 997. The fraction of sp³-hybridized carbons (Fsp3) is 0.848. The fourth-order valence-electron chi connectivity index (χ4n) is 11.8. The maximum atomic E-state index is 13.6. The smallest absolute Gasteiger partial charge is 0.313 e. The molecule has 0 radical (unpaired) electrons. The number of terminal acetylenes is 1. The normalized spacial score (nSPS) is 52.6. The molecule has 0 aromatic carbocycles. The van der Waals surface area contributed by atoms with E-state index in [-0.39, 0.29) is 41.3 Å². The Hall–Kier alpha value is -1.31. The van der Waals surface area contributed by atoms with Gasteiger partial charge < -0.3 is 14.9 Å². The fourth-order valence-corrected chi connectivity index (χ4v) is 11.8. The monoisotopic (exact) mass is 510 g/mol. The van der Waals surface area contributed by atoms with Crippen molar-refractivity contribution >= 4 is 5.97 Å². The van der Waals surface area contributed by atoms with Crippen molar-refractivity contribution in [1.29, 1.82) is 0 Å². The number of ether oxygens (including phenoxy) is 1. The lowest BCUT2D eigenvalue weighted by molar-refractivity contribution is -0.254. The van der Waals surface area contributed by atoms with Crippen LogP contribution >= 0.6 is 0 Å². The van der Waals surface area contributed by atoms with E-state index in [1.54, 1.807) is 0 Å².